The lowest BCUT2D eigenvalue weighted by molar-refractivity contribution is -0.117. The standard InChI is InChI=1S/C29H22FN7O/c1-15-6-17(8-19(30)7-15)22-13-32-14-26-21(22)10-25(34-26)28-27-24(36-37-28)5-4-23(35-27)18-9-20(12-31-11-18)33-29(38)16-2-3-16/h4-14,16,34H,2-3H2,1H3,(H,33,38)(H,36,37). The van der Waals surface area contributed by atoms with E-state index in [0.29, 0.717) is 22.6 Å². The second kappa shape index (κ2) is 8.58. The summed E-state index contributed by atoms with van der Waals surface area (Å²) in [4.78, 5) is 29.2. The summed E-state index contributed by atoms with van der Waals surface area (Å²) in [5.74, 6) is -0.141. The number of nitrogens with zero attached hydrogens (tertiary/aromatic N) is 4. The van der Waals surface area contributed by atoms with Crippen LogP contribution in [0.4, 0.5) is 10.1 Å². The number of benzene rings is 1. The summed E-state index contributed by atoms with van der Waals surface area (Å²) >= 11 is 0. The average Bonchev–Trinajstić information content (AvgIpc) is 3.54. The monoisotopic (exact) mass is 503 g/mol. The fourth-order valence-corrected chi connectivity index (χ4v) is 4.79. The Labute approximate surface area is 216 Å². The van der Waals surface area contributed by atoms with Crippen molar-refractivity contribution in [3.05, 3.63) is 78.6 Å². The van der Waals surface area contributed by atoms with Crippen molar-refractivity contribution in [2.75, 3.05) is 5.32 Å². The number of nitrogens with one attached hydrogen (secondary N) is 3. The van der Waals surface area contributed by atoms with Gasteiger partial charge in [-0.3, -0.25) is 19.9 Å². The van der Waals surface area contributed by atoms with E-state index in [-0.39, 0.29) is 17.6 Å². The lowest BCUT2D eigenvalue weighted by Gasteiger charge is -2.06. The first-order valence-corrected chi connectivity index (χ1v) is 12.4. The topological polar surface area (TPSA) is 112 Å². The number of amides is 1. The van der Waals surface area contributed by atoms with Gasteiger partial charge in [0, 0.05) is 34.8 Å². The number of anilines is 1. The Balaban J connectivity index is 1.29. The third-order valence-electron chi connectivity index (χ3n) is 6.81. The number of hydrogen-bond acceptors (Lipinski definition) is 5. The van der Waals surface area contributed by atoms with Crippen LogP contribution in [0, 0.1) is 18.7 Å². The Morgan fingerprint density at radius 1 is 0.974 bits per heavy atom. The predicted molar refractivity (Wildman–Crippen MR) is 144 cm³/mol. The predicted octanol–water partition coefficient (Wildman–Crippen LogP) is 6.03. The summed E-state index contributed by atoms with van der Waals surface area (Å²) in [6.45, 7) is 1.87. The molecule has 9 heteroatoms. The number of fused-ring (bicyclic) bond motifs is 2. The molecule has 1 aliphatic rings. The fourth-order valence-electron chi connectivity index (χ4n) is 4.79. The van der Waals surface area contributed by atoms with E-state index in [9.17, 15) is 9.18 Å². The SMILES string of the molecule is Cc1cc(F)cc(-c2cncc3[nH]c(-c4n[nH]c5ccc(-c6cncc(NC(=O)C7CC7)c6)nc45)cc23)c1. The minimum absolute atomic E-state index is 0.0329. The fraction of sp³-hybridized carbons (Fsp3) is 0.138. The van der Waals surface area contributed by atoms with E-state index in [2.05, 4.69) is 30.5 Å². The van der Waals surface area contributed by atoms with Crippen molar-refractivity contribution >= 4 is 33.5 Å². The highest BCUT2D eigenvalue weighted by atomic mass is 19.1. The summed E-state index contributed by atoms with van der Waals surface area (Å²) in [6.07, 6.45) is 8.73. The van der Waals surface area contributed by atoms with Gasteiger partial charge in [-0.05, 0) is 67.3 Å². The molecule has 0 atom stereocenters. The third kappa shape index (κ3) is 3.98. The minimum Gasteiger partial charge on any atom is -0.352 e. The van der Waals surface area contributed by atoms with Crippen molar-refractivity contribution < 1.29 is 9.18 Å². The highest BCUT2D eigenvalue weighted by Crippen LogP contribution is 2.35. The zero-order chi connectivity index (χ0) is 25.8. The normalized spacial score (nSPS) is 13.3. The molecule has 0 radical (unpaired) electrons. The Morgan fingerprint density at radius 2 is 1.84 bits per heavy atom. The molecule has 1 aliphatic carbocycles. The molecule has 0 bridgehead atoms. The van der Waals surface area contributed by atoms with Crippen LogP contribution >= 0.6 is 0 Å². The van der Waals surface area contributed by atoms with E-state index in [0.717, 1.165) is 57.2 Å². The van der Waals surface area contributed by atoms with E-state index in [1.54, 1.807) is 24.8 Å². The Hall–Kier alpha value is -4.92. The van der Waals surface area contributed by atoms with E-state index < -0.39 is 0 Å². The highest BCUT2D eigenvalue weighted by Gasteiger charge is 2.29. The second-order valence-electron chi connectivity index (χ2n) is 9.74. The van der Waals surface area contributed by atoms with Crippen molar-refractivity contribution in [3.8, 4) is 33.8 Å². The van der Waals surface area contributed by atoms with Crippen molar-refractivity contribution in [1.82, 2.24) is 30.1 Å². The summed E-state index contributed by atoms with van der Waals surface area (Å²) in [7, 11) is 0. The van der Waals surface area contributed by atoms with Crippen LogP contribution in [-0.4, -0.2) is 36.0 Å². The number of halogens is 1. The maximum absolute atomic E-state index is 14.1. The van der Waals surface area contributed by atoms with Crippen molar-refractivity contribution in [3.63, 3.8) is 0 Å². The Morgan fingerprint density at radius 3 is 2.68 bits per heavy atom. The van der Waals surface area contributed by atoms with Gasteiger partial charge in [-0.2, -0.15) is 5.10 Å². The van der Waals surface area contributed by atoms with E-state index >= 15 is 0 Å². The molecule has 8 nitrogen and oxygen atoms in total. The van der Waals surface area contributed by atoms with Crippen LogP contribution in [0.5, 0.6) is 0 Å². The molecule has 0 spiro atoms. The summed E-state index contributed by atoms with van der Waals surface area (Å²) in [6, 6.07) is 12.7. The molecule has 1 aromatic carbocycles. The molecule has 0 saturated heterocycles. The van der Waals surface area contributed by atoms with Crippen molar-refractivity contribution in [1.29, 1.82) is 0 Å². The van der Waals surface area contributed by atoms with Crippen LogP contribution in [-0.2, 0) is 4.79 Å². The van der Waals surface area contributed by atoms with Gasteiger partial charge in [-0.1, -0.05) is 6.07 Å². The molecule has 38 heavy (non-hydrogen) atoms. The Bertz CT molecular complexity index is 1850. The van der Waals surface area contributed by atoms with Gasteiger partial charge in [0.15, 0.2) is 0 Å². The maximum Gasteiger partial charge on any atom is 0.227 e. The highest BCUT2D eigenvalue weighted by molar-refractivity contribution is 6.00. The molecule has 0 aliphatic heterocycles. The van der Waals surface area contributed by atoms with Crippen molar-refractivity contribution in [2.45, 2.75) is 19.8 Å². The maximum atomic E-state index is 14.1. The number of carbonyl (C=O) groups is 1. The summed E-state index contributed by atoms with van der Waals surface area (Å²) < 4.78 is 14.1. The molecular weight excluding hydrogens is 481 g/mol. The summed E-state index contributed by atoms with van der Waals surface area (Å²) in [5.41, 5.74) is 8.30. The van der Waals surface area contributed by atoms with Crippen LogP contribution in [0.3, 0.4) is 0 Å². The number of rotatable bonds is 5. The lowest BCUT2D eigenvalue weighted by atomic mass is 10.0. The van der Waals surface area contributed by atoms with Crippen LogP contribution in [0.2, 0.25) is 0 Å². The molecule has 1 amide bonds. The summed E-state index contributed by atoms with van der Waals surface area (Å²) in [5, 5.41) is 11.4. The molecule has 7 rings (SSSR count). The van der Waals surface area contributed by atoms with Gasteiger partial charge in [0.05, 0.1) is 40.5 Å². The molecule has 6 aromatic rings. The van der Waals surface area contributed by atoms with Gasteiger partial charge in [0.1, 0.15) is 17.0 Å². The van der Waals surface area contributed by atoms with Gasteiger partial charge >= 0.3 is 0 Å². The smallest absolute Gasteiger partial charge is 0.227 e. The number of H-pyrrole nitrogens is 2. The van der Waals surface area contributed by atoms with Gasteiger partial charge in [-0.25, -0.2) is 9.37 Å². The molecule has 5 heterocycles. The number of aromatic amines is 2. The molecule has 3 N–H and O–H groups in total. The largest absolute Gasteiger partial charge is 0.352 e. The molecule has 186 valence electrons. The number of aryl methyl sites for hydroxylation is 1. The average molecular weight is 504 g/mol. The lowest BCUT2D eigenvalue weighted by Crippen LogP contribution is -2.13. The molecule has 1 saturated carbocycles. The van der Waals surface area contributed by atoms with E-state index in [1.165, 1.54) is 12.1 Å². The second-order valence-corrected chi connectivity index (χ2v) is 9.74. The first-order chi connectivity index (χ1) is 18.5. The number of hydrogen-bond donors (Lipinski definition) is 3. The van der Waals surface area contributed by atoms with E-state index in [1.807, 2.05) is 37.3 Å². The first-order valence-electron chi connectivity index (χ1n) is 12.4. The Kier molecular flexibility index (Phi) is 5.04. The third-order valence-corrected chi connectivity index (χ3v) is 6.81. The molecule has 1 fully saturated rings. The number of carbonyl (C=O) groups excluding carboxylic acids is 1. The zero-order valence-corrected chi connectivity index (χ0v) is 20.4. The minimum atomic E-state index is -0.284. The van der Waals surface area contributed by atoms with E-state index in [4.69, 9.17) is 4.98 Å². The van der Waals surface area contributed by atoms with Crippen LogP contribution < -0.4 is 5.32 Å². The van der Waals surface area contributed by atoms with Gasteiger partial charge in [0.25, 0.3) is 0 Å². The molecule has 0 unspecified atom stereocenters. The van der Waals surface area contributed by atoms with Crippen LogP contribution in [0.15, 0.2) is 67.3 Å². The van der Waals surface area contributed by atoms with Crippen molar-refractivity contribution in [2.24, 2.45) is 5.92 Å². The van der Waals surface area contributed by atoms with Gasteiger partial charge < -0.3 is 10.3 Å². The molecular formula is C29H22FN7O. The van der Waals surface area contributed by atoms with Crippen LogP contribution in [0.1, 0.15) is 18.4 Å². The van der Waals surface area contributed by atoms with Gasteiger partial charge in [0.2, 0.25) is 5.91 Å². The number of aromatic nitrogens is 6. The van der Waals surface area contributed by atoms with Gasteiger partial charge in [-0.15, -0.1) is 0 Å². The molecule has 5 aromatic heterocycles. The zero-order valence-electron chi connectivity index (χ0n) is 20.4. The quantitative estimate of drug-likeness (QED) is 0.266. The van der Waals surface area contributed by atoms with Crippen LogP contribution in [0.25, 0.3) is 55.7 Å². The first kappa shape index (κ1) is 22.3. The number of pyridine rings is 3.